The van der Waals surface area contributed by atoms with E-state index in [1.54, 1.807) is 12.5 Å². The number of hydrogen-bond donors (Lipinski definition) is 0. The van der Waals surface area contributed by atoms with Gasteiger partial charge in [-0.1, -0.05) is 41.4 Å². The summed E-state index contributed by atoms with van der Waals surface area (Å²) in [5, 5.41) is 0. The van der Waals surface area contributed by atoms with Crippen molar-refractivity contribution < 1.29 is 18.9 Å². The summed E-state index contributed by atoms with van der Waals surface area (Å²) in [6, 6.07) is 9.93. The maximum absolute atomic E-state index is 4.15. The zero-order valence-corrected chi connectivity index (χ0v) is 12.5. The van der Waals surface area contributed by atoms with Crippen molar-refractivity contribution in [1.29, 1.82) is 0 Å². The minimum absolute atomic E-state index is 0. The number of nitrogens with zero attached hydrogens (tertiary/aromatic N) is 2. The molecule has 0 spiro atoms. The van der Waals surface area contributed by atoms with Crippen LogP contribution in [0.1, 0.15) is 19.8 Å². The Kier molecular flexibility index (Phi) is 9.96. The van der Waals surface area contributed by atoms with E-state index in [-0.39, 0.29) is 18.9 Å². The molecule has 0 amide bonds. The Hall–Kier alpha value is -0.623. The molecule has 0 aliphatic rings. The van der Waals surface area contributed by atoms with Gasteiger partial charge in [-0.3, -0.25) is 0 Å². The SMILES string of the molecule is Brc1ccc(-c2ccncn2)cc1.[CH2-]CCC.[Li+]. The van der Waals surface area contributed by atoms with Crippen LogP contribution in [0.15, 0.2) is 47.3 Å². The molecule has 1 aromatic heterocycles. The van der Waals surface area contributed by atoms with Crippen LogP contribution in [0, 0.1) is 6.92 Å². The third kappa shape index (κ3) is 6.35. The summed E-state index contributed by atoms with van der Waals surface area (Å²) >= 11 is 3.39. The molecule has 90 valence electrons. The van der Waals surface area contributed by atoms with Crippen LogP contribution in [0.3, 0.4) is 0 Å². The first-order chi connectivity index (χ1) is 8.27. The Balaban J connectivity index is 0.000000512. The Bertz CT molecular complexity index is 416. The van der Waals surface area contributed by atoms with Crippen LogP contribution in [0.5, 0.6) is 0 Å². The van der Waals surface area contributed by atoms with E-state index in [2.05, 4.69) is 39.7 Å². The number of rotatable bonds is 2. The number of halogens is 1. The molecule has 2 nitrogen and oxygen atoms in total. The maximum atomic E-state index is 4.15. The van der Waals surface area contributed by atoms with Crippen molar-refractivity contribution in [2.45, 2.75) is 19.8 Å². The summed E-state index contributed by atoms with van der Waals surface area (Å²) in [6.45, 7) is 5.72. The number of hydrogen-bond acceptors (Lipinski definition) is 2. The van der Waals surface area contributed by atoms with Gasteiger partial charge in [-0.15, -0.1) is 0 Å². The first kappa shape index (κ1) is 17.4. The van der Waals surface area contributed by atoms with Gasteiger partial charge in [0.25, 0.3) is 0 Å². The van der Waals surface area contributed by atoms with E-state index in [0.717, 1.165) is 22.2 Å². The summed E-state index contributed by atoms with van der Waals surface area (Å²) < 4.78 is 1.07. The maximum Gasteiger partial charge on any atom is 1.00 e. The second-order valence-electron chi connectivity index (χ2n) is 3.46. The van der Waals surface area contributed by atoms with E-state index in [9.17, 15) is 0 Å². The van der Waals surface area contributed by atoms with Crippen molar-refractivity contribution in [3.05, 3.63) is 54.3 Å². The van der Waals surface area contributed by atoms with Gasteiger partial charge >= 0.3 is 18.9 Å². The quantitative estimate of drug-likeness (QED) is 0.621. The molecule has 0 unspecified atom stereocenters. The van der Waals surface area contributed by atoms with E-state index in [0.29, 0.717) is 0 Å². The fourth-order valence-corrected chi connectivity index (χ4v) is 1.35. The largest absolute Gasteiger partial charge is 1.00 e. The molecule has 0 atom stereocenters. The Morgan fingerprint density at radius 1 is 1.17 bits per heavy atom. The van der Waals surface area contributed by atoms with Gasteiger partial charge in [-0.25, -0.2) is 9.97 Å². The molecule has 2 rings (SSSR count). The molecule has 4 heteroatoms. The Morgan fingerprint density at radius 3 is 2.22 bits per heavy atom. The van der Waals surface area contributed by atoms with Gasteiger partial charge < -0.3 is 6.92 Å². The zero-order valence-electron chi connectivity index (χ0n) is 10.9. The van der Waals surface area contributed by atoms with Gasteiger partial charge in [-0.05, 0) is 18.2 Å². The van der Waals surface area contributed by atoms with Crippen LogP contribution in [0.4, 0.5) is 0 Å². The predicted octanol–water partition coefficient (Wildman–Crippen LogP) is 1.53. The average Bonchev–Trinajstić information content (AvgIpc) is 2.41. The van der Waals surface area contributed by atoms with Crippen LogP contribution in [-0.4, -0.2) is 9.97 Å². The second kappa shape index (κ2) is 10.3. The Labute approximate surface area is 130 Å². The molecule has 0 aliphatic heterocycles. The predicted molar refractivity (Wildman–Crippen MR) is 75.4 cm³/mol. The molecule has 0 N–H and O–H groups in total. The van der Waals surface area contributed by atoms with Crippen molar-refractivity contribution in [3.8, 4) is 11.3 Å². The first-order valence-electron chi connectivity index (χ1n) is 5.59. The third-order valence-electron chi connectivity index (χ3n) is 2.08. The molecule has 0 saturated carbocycles. The molecule has 0 fully saturated rings. The zero-order chi connectivity index (χ0) is 12.5. The topological polar surface area (TPSA) is 25.8 Å². The molecule has 0 saturated heterocycles. The second-order valence-corrected chi connectivity index (χ2v) is 4.37. The smallest absolute Gasteiger partial charge is 0.343 e. The first-order valence-corrected chi connectivity index (χ1v) is 6.38. The summed E-state index contributed by atoms with van der Waals surface area (Å²) in [6.07, 6.45) is 5.57. The molecule has 0 radical (unpaired) electrons. The van der Waals surface area contributed by atoms with Gasteiger partial charge in [0, 0.05) is 16.2 Å². The summed E-state index contributed by atoms with van der Waals surface area (Å²) in [5.74, 6) is 0. The fraction of sp³-hybridized carbons (Fsp3) is 0.214. The molecule has 0 aliphatic carbocycles. The van der Waals surface area contributed by atoms with Gasteiger partial charge in [-0.2, -0.15) is 6.42 Å². The van der Waals surface area contributed by atoms with Crippen LogP contribution >= 0.6 is 15.9 Å². The molecular formula is C14H16BrLiN2. The van der Waals surface area contributed by atoms with Crippen molar-refractivity contribution in [3.63, 3.8) is 0 Å². The number of aromatic nitrogens is 2. The fourth-order valence-electron chi connectivity index (χ4n) is 1.08. The van der Waals surface area contributed by atoms with Crippen LogP contribution in [-0.2, 0) is 0 Å². The average molecular weight is 299 g/mol. The van der Waals surface area contributed by atoms with Crippen molar-refractivity contribution >= 4 is 15.9 Å². The van der Waals surface area contributed by atoms with Crippen LogP contribution < -0.4 is 18.9 Å². The van der Waals surface area contributed by atoms with Crippen molar-refractivity contribution in [2.24, 2.45) is 0 Å². The van der Waals surface area contributed by atoms with E-state index in [1.165, 1.54) is 6.42 Å². The monoisotopic (exact) mass is 298 g/mol. The molecular weight excluding hydrogens is 283 g/mol. The standard InChI is InChI=1S/C10H7BrN2.C4H9.Li/c11-9-3-1-8(2-4-9)10-5-6-12-7-13-10;1-3-4-2;/h1-7H;1,3-4H2,2H3;/q;-1;+1. The minimum Gasteiger partial charge on any atom is -0.343 e. The molecule has 18 heavy (non-hydrogen) atoms. The van der Waals surface area contributed by atoms with Gasteiger partial charge in [0.15, 0.2) is 0 Å². The summed E-state index contributed by atoms with van der Waals surface area (Å²) in [7, 11) is 0. The van der Waals surface area contributed by atoms with Crippen molar-refractivity contribution in [1.82, 2.24) is 9.97 Å². The van der Waals surface area contributed by atoms with Gasteiger partial charge in [0.1, 0.15) is 6.33 Å². The summed E-state index contributed by atoms with van der Waals surface area (Å²) in [4.78, 5) is 8.02. The molecule has 1 aromatic carbocycles. The third-order valence-corrected chi connectivity index (χ3v) is 2.60. The Morgan fingerprint density at radius 2 is 1.78 bits per heavy atom. The normalized spacial score (nSPS) is 8.83. The molecule has 1 heterocycles. The van der Waals surface area contributed by atoms with Crippen LogP contribution in [0.2, 0.25) is 0 Å². The number of benzene rings is 1. The van der Waals surface area contributed by atoms with E-state index in [1.807, 2.05) is 30.3 Å². The van der Waals surface area contributed by atoms with Gasteiger partial charge in [0.2, 0.25) is 0 Å². The van der Waals surface area contributed by atoms with E-state index < -0.39 is 0 Å². The molecule has 2 aromatic rings. The van der Waals surface area contributed by atoms with E-state index in [4.69, 9.17) is 0 Å². The minimum atomic E-state index is 0. The van der Waals surface area contributed by atoms with Crippen LogP contribution in [0.25, 0.3) is 11.3 Å². The summed E-state index contributed by atoms with van der Waals surface area (Å²) in [5.41, 5.74) is 2.05. The van der Waals surface area contributed by atoms with Crippen molar-refractivity contribution in [2.75, 3.05) is 0 Å². The number of unbranched alkanes of at least 4 members (excludes halogenated alkanes) is 1. The van der Waals surface area contributed by atoms with Gasteiger partial charge in [0.05, 0.1) is 5.69 Å². The van der Waals surface area contributed by atoms with E-state index >= 15 is 0 Å². The molecule has 0 bridgehead atoms.